The van der Waals surface area contributed by atoms with E-state index < -0.39 is 0 Å². The molecule has 1 N–H and O–H groups in total. The van der Waals surface area contributed by atoms with Gasteiger partial charge in [0.2, 0.25) is 5.91 Å². The van der Waals surface area contributed by atoms with Crippen molar-refractivity contribution in [3.63, 3.8) is 0 Å². The molecule has 0 bridgehead atoms. The predicted octanol–water partition coefficient (Wildman–Crippen LogP) is 4.00. The van der Waals surface area contributed by atoms with Crippen LogP contribution in [0.2, 0.25) is 0 Å². The first-order valence-corrected chi connectivity index (χ1v) is 8.23. The average Bonchev–Trinajstić information content (AvgIpc) is 2.96. The summed E-state index contributed by atoms with van der Waals surface area (Å²) in [5, 5.41) is 5.66. The van der Waals surface area contributed by atoms with Gasteiger partial charge in [-0.3, -0.25) is 4.79 Å². The summed E-state index contributed by atoms with van der Waals surface area (Å²) in [6.45, 7) is 4.16. The molecule has 0 aliphatic rings. The van der Waals surface area contributed by atoms with E-state index in [9.17, 15) is 4.79 Å². The molecule has 0 radical (unpaired) electrons. The van der Waals surface area contributed by atoms with Crippen molar-refractivity contribution in [2.24, 2.45) is 0 Å². The van der Waals surface area contributed by atoms with E-state index in [0.717, 1.165) is 16.3 Å². The van der Waals surface area contributed by atoms with Gasteiger partial charge in [0, 0.05) is 17.1 Å². The number of aromatic nitrogens is 2. The van der Waals surface area contributed by atoms with Crippen molar-refractivity contribution in [1.82, 2.24) is 9.97 Å². The molecule has 23 heavy (non-hydrogen) atoms. The van der Waals surface area contributed by atoms with Crippen LogP contribution in [0.3, 0.4) is 0 Å². The maximum Gasteiger partial charge on any atom is 0.231 e. The number of aryl methyl sites for hydroxylation is 2. The second-order valence-corrected chi connectivity index (χ2v) is 6.26. The lowest BCUT2D eigenvalue weighted by Crippen LogP contribution is -2.15. The van der Waals surface area contributed by atoms with Gasteiger partial charge >= 0.3 is 0 Å². The Morgan fingerprint density at radius 2 is 2.09 bits per heavy atom. The molecule has 0 atom stereocenters. The second-order valence-electron chi connectivity index (χ2n) is 5.40. The molecule has 3 rings (SSSR count). The summed E-state index contributed by atoms with van der Waals surface area (Å²) >= 11 is 1.56. The van der Waals surface area contributed by atoms with E-state index in [1.54, 1.807) is 23.6 Å². The fourth-order valence-corrected chi connectivity index (χ4v) is 3.26. The lowest BCUT2D eigenvalue weighted by atomic mass is 10.1. The maximum absolute atomic E-state index is 12.1. The smallest absolute Gasteiger partial charge is 0.231 e. The molecule has 1 aromatic carbocycles. The molecule has 0 saturated carbocycles. The van der Waals surface area contributed by atoms with E-state index in [1.807, 2.05) is 17.5 Å². The van der Waals surface area contributed by atoms with Crippen LogP contribution in [0.5, 0.6) is 0 Å². The number of thiazole rings is 1. The Bertz CT molecular complexity index is 827. The van der Waals surface area contributed by atoms with Gasteiger partial charge < -0.3 is 5.32 Å². The van der Waals surface area contributed by atoms with Crippen molar-refractivity contribution in [3.05, 3.63) is 64.8 Å². The van der Waals surface area contributed by atoms with Crippen LogP contribution in [-0.2, 0) is 11.2 Å². The average molecular weight is 323 g/mol. The maximum atomic E-state index is 12.1. The topological polar surface area (TPSA) is 54.9 Å². The summed E-state index contributed by atoms with van der Waals surface area (Å²) in [6.07, 6.45) is 1.90. The molecule has 0 unspecified atom stereocenters. The van der Waals surface area contributed by atoms with E-state index in [-0.39, 0.29) is 12.3 Å². The van der Waals surface area contributed by atoms with Gasteiger partial charge in [-0.25, -0.2) is 9.97 Å². The molecular weight excluding hydrogens is 306 g/mol. The summed E-state index contributed by atoms with van der Waals surface area (Å²) in [5.74, 6) is 0.448. The number of amides is 1. The number of rotatable bonds is 4. The van der Waals surface area contributed by atoms with Crippen molar-refractivity contribution in [3.8, 4) is 10.6 Å². The first kappa shape index (κ1) is 15.4. The predicted molar refractivity (Wildman–Crippen MR) is 93.6 cm³/mol. The molecule has 0 aliphatic carbocycles. The van der Waals surface area contributed by atoms with E-state index in [1.165, 1.54) is 11.1 Å². The standard InChI is InChI=1S/C18H17N3OS/c1-12-6-7-15(13(2)9-12)18-20-14(11-23-18)10-17(22)21-16-5-3-4-8-19-16/h3-9,11H,10H2,1-2H3,(H,19,21,22). The summed E-state index contributed by atoms with van der Waals surface area (Å²) < 4.78 is 0. The second kappa shape index (κ2) is 6.71. The molecule has 4 nitrogen and oxygen atoms in total. The Kier molecular flexibility index (Phi) is 4.48. The lowest BCUT2D eigenvalue weighted by Gasteiger charge is -2.03. The lowest BCUT2D eigenvalue weighted by molar-refractivity contribution is -0.115. The molecule has 1 amide bonds. The van der Waals surface area contributed by atoms with E-state index >= 15 is 0 Å². The van der Waals surface area contributed by atoms with Crippen LogP contribution < -0.4 is 5.32 Å². The molecule has 3 aromatic rings. The molecule has 0 spiro atoms. The van der Waals surface area contributed by atoms with Crippen LogP contribution in [0.4, 0.5) is 5.82 Å². The van der Waals surface area contributed by atoms with Gasteiger partial charge in [0.1, 0.15) is 10.8 Å². The van der Waals surface area contributed by atoms with Gasteiger partial charge in [-0.1, -0.05) is 29.8 Å². The number of pyridine rings is 1. The zero-order chi connectivity index (χ0) is 16.2. The summed E-state index contributed by atoms with van der Waals surface area (Å²) in [7, 11) is 0. The Hall–Kier alpha value is -2.53. The fourth-order valence-electron chi connectivity index (χ4n) is 2.35. The van der Waals surface area contributed by atoms with Crippen molar-refractivity contribution in [2.75, 3.05) is 5.32 Å². The number of nitrogens with zero attached hydrogens (tertiary/aromatic N) is 2. The van der Waals surface area contributed by atoms with Crippen molar-refractivity contribution >= 4 is 23.1 Å². The molecule has 0 aliphatic heterocycles. The van der Waals surface area contributed by atoms with Crippen LogP contribution in [-0.4, -0.2) is 15.9 Å². The van der Waals surface area contributed by atoms with Gasteiger partial charge in [0.25, 0.3) is 0 Å². The molecule has 2 aromatic heterocycles. The highest BCUT2D eigenvalue weighted by molar-refractivity contribution is 7.13. The van der Waals surface area contributed by atoms with Crippen molar-refractivity contribution < 1.29 is 4.79 Å². The third kappa shape index (κ3) is 3.81. The van der Waals surface area contributed by atoms with Crippen LogP contribution in [0.1, 0.15) is 16.8 Å². The van der Waals surface area contributed by atoms with Crippen molar-refractivity contribution in [1.29, 1.82) is 0 Å². The molecular formula is C18H17N3OS. The highest BCUT2D eigenvalue weighted by atomic mass is 32.1. The number of anilines is 1. The Morgan fingerprint density at radius 3 is 2.83 bits per heavy atom. The minimum Gasteiger partial charge on any atom is -0.310 e. The largest absolute Gasteiger partial charge is 0.310 e. The number of nitrogens with one attached hydrogen (secondary N) is 1. The van der Waals surface area contributed by atoms with Crippen molar-refractivity contribution in [2.45, 2.75) is 20.3 Å². The number of benzene rings is 1. The summed E-state index contributed by atoms with van der Waals surface area (Å²) in [6, 6.07) is 11.7. The molecule has 5 heteroatoms. The number of carbonyl (C=O) groups is 1. The quantitative estimate of drug-likeness (QED) is 0.789. The Labute approximate surface area is 139 Å². The van der Waals surface area contributed by atoms with Crippen LogP contribution in [0, 0.1) is 13.8 Å². The molecule has 116 valence electrons. The minimum absolute atomic E-state index is 0.110. The number of hydrogen-bond acceptors (Lipinski definition) is 4. The van der Waals surface area contributed by atoms with Crippen LogP contribution in [0.25, 0.3) is 10.6 Å². The van der Waals surface area contributed by atoms with Crippen LogP contribution >= 0.6 is 11.3 Å². The van der Waals surface area contributed by atoms with Gasteiger partial charge in [-0.2, -0.15) is 0 Å². The van der Waals surface area contributed by atoms with E-state index in [0.29, 0.717) is 5.82 Å². The third-order valence-corrected chi connectivity index (χ3v) is 4.36. The molecule has 2 heterocycles. The normalized spacial score (nSPS) is 10.5. The highest BCUT2D eigenvalue weighted by Crippen LogP contribution is 2.27. The summed E-state index contributed by atoms with van der Waals surface area (Å²) in [5.41, 5.74) is 4.33. The molecule has 0 fully saturated rings. The number of carbonyl (C=O) groups excluding carboxylic acids is 1. The van der Waals surface area contributed by atoms with E-state index in [4.69, 9.17) is 0 Å². The zero-order valence-corrected chi connectivity index (χ0v) is 13.9. The highest BCUT2D eigenvalue weighted by Gasteiger charge is 2.11. The Morgan fingerprint density at radius 1 is 1.22 bits per heavy atom. The van der Waals surface area contributed by atoms with Gasteiger partial charge in [-0.05, 0) is 31.5 Å². The third-order valence-electron chi connectivity index (χ3n) is 3.44. The SMILES string of the molecule is Cc1ccc(-c2nc(CC(=O)Nc3ccccn3)cs2)c(C)c1. The minimum atomic E-state index is -0.110. The monoisotopic (exact) mass is 323 g/mol. The van der Waals surface area contributed by atoms with Gasteiger partial charge in [0.15, 0.2) is 0 Å². The van der Waals surface area contributed by atoms with Gasteiger partial charge in [0.05, 0.1) is 12.1 Å². The summed E-state index contributed by atoms with van der Waals surface area (Å²) in [4.78, 5) is 20.7. The van der Waals surface area contributed by atoms with E-state index in [2.05, 4.69) is 47.3 Å². The first-order chi connectivity index (χ1) is 11.1. The van der Waals surface area contributed by atoms with Gasteiger partial charge in [-0.15, -0.1) is 11.3 Å². The first-order valence-electron chi connectivity index (χ1n) is 7.35. The molecule has 0 saturated heterocycles. The number of hydrogen-bond donors (Lipinski definition) is 1. The zero-order valence-electron chi connectivity index (χ0n) is 13.0. The Balaban J connectivity index is 1.71. The van der Waals surface area contributed by atoms with Crippen LogP contribution in [0.15, 0.2) is 48.0 Å². The fraction of sp³-hybridized carbons (Fsp3) is 0.167.